The van der Waals surface area contributed by atoms with Gasteiger partial charge in [-0.1, -0.05) is 6.57 Å². The first-order valence-corrected chi connectivity index (χ1v) is 1.80. The molecule has 4 heteroatoms. The summed E-state index contributed by atoms with van der Waals surface area (Å²) in [6.45, 7) is 12.5. The maximum absolute atomic E-state index is 6.65. The van der Waals surface area contributed by atoms with Crippen LogP contribution in [0, 0.1) is 18.6 Å². The van der Waals surface area contributed by atoms with Gasteiger partial charge in [-0.05, 0) is 0 Å². The molecule has 0 spiro atoms. The highest BCUT2D eigenvalue weighted by Crippen LogP contribution is 1.83. The highest BCUT2D eigenvalue weighted by molar-refractivity contribution is 5.93. The van der Waals surface area contributed by atoms with Gasteiger partial charge in [0, 0.05) is 0 Å². The molecule has 1 unspecified atom stereocenters. The normalized spacial score (nSPS) is 10.9. The van der Waals surface area contributed by atoms with Crippen molar-refractivity contribution in [3.63, 3.8) is 0 Å². The van der Waals surface area contributed by atoms with Gasteiger partial charge >= 0.3 is 12.0 Å². The predicted molar refractivity (Wildman–Crippen MR) is 28.9 cm³/mol. The van der Waals surface area contributed by atoms with Crippen molar-refractivity contribution in [1.82, 2.24) is 0 Å². The van der Waals surface area contributed by atoms with Crippen molar-refractivity contribution in [2.45, 2.75) is 6.17 Å². The van der Waals surface area contributed by atoms with Gasteiger partial charge in [0.25, 0.3) is 0 Å². The van der Waals surface area contributed by atoms with Crippen LogP contribution in [0.4, 0.5) is 0 Å². The molecule has 4 nitrogen and oxygen atoms in total. The van der Waals surface area contributed by atoms with Gasteiger partial charge in [0.05, 0.1) is 0 Å². The summed E-state index contributed by atoms with van der Waals surface area (Å²) in [4.78, 5) is 5.40. The number of hydrogen-bond acceptors (Lipinski definition) is 2. The van der Waals surface area contributed by atoms with Crippen LogP contribution in [-0.2, 0) is 0 Å². The molecule has 0 rings (SSSR count). The molecular formula is C4H4N4. The van der Waals surface area contributed by atoms with Gasteiger partial charge in [-0.25, -0.2) is 6.57 Å². The molecule has 0 heterocycles. The zero-order chi connectivity index (χ0) is 6.57. The summed E-state index contributed by atoms with van der Waals surface area (Å²) < 4.78 is 0. The Bertz CT molecular complexity index is 169. The third kappa shape index (κ3) is 1.38. The summed E-state index contributed by atoms with van der Waals surface area (Å²) >= 11 is 0. The Hall–Kier alpha value is -1.39. The second-order valence-electron chi connectivity index (χ2n) is 1.07. The molecule has 1 atom stereocenters. The lowest BCUT2D eigenvalue weighted by Gasteiger charge is -1.87. The molecule has 0 fully saturated rings. The quantitative estimate of drug-likeness (QED) is 0.279. The molecule has 3 N–H and O–H groups in total. The minimum atomic E-state index is -1.06. The van der Waals surface area contributed by atoms with E-state index in [1.165, 1.54) is 0 Å². The van der Waals surface area contributed by atoms with Crippen molar-refractivity contribution in [3.8, 4) is 0 Å². The summed E-state index contributed by atoms with van der Waals surface area (Å²) in [5.74, 6) is -0.403. The first-order valence-electron chi connectivity index (χ1n) is 1.80. The van der Waals surface area contributed by atoms with Crippen LogP contribution in [0.2, 0.25) is 0 Å². The number of amidine groups is 1. The molecule has 0 bridgehead atoms. The van der Waals surface area contributed by atoms with Crippen LogP contribution in [0.3, 0.4) is 0 Å². The smallest absolute Gasteiger partial charge is 0.338 e. The third-order valence-electron chi connectivity index (χ3n) is 0.540. The van der Waals surface area contributed by atoms with Crippen LogP contribution in [0.15, 0.2) is 0 Å². The molecule has 0 saturated carbocycles. The van der Waals surface area contributed by atoms with Crippen molar-refractivity contribution < 1.29 is 0 Å². The summed E-state index contributed by atoms with van der Waals surface area (Å²) in [7, 11) is 0. The highest BCUT2D eigenvalue weighted by Gasteiger charge is 2.10. The van der Waals surface area contributed by atoms with E-state index in [0.29, 0.717) is 0 Å². The largest absolute Gasteiger partial charge is 0.357 e. The van der Waals surface area contributed by atoms with E-state index in [1.807, 2.05) is 0 Å². The standard InChI is InChI=1S/C4H4N4/c1-7-3(5)4(6)8-2/h3,6H,5H2. The number of hydrogen-bond donors (Lipinski definition) is 2. The van der Waals surface area contributed by atoms with Gasteiger partial charge in [0.15, 0.2) is 0 Å². The van der Waals surface area contributed by atoms with E-state index in [2.05, 4.69) is 9.69 Å². The lowest BCUT2D eigenvalue weighted by atomic mass is 10.5. The predicted octanol–water partition coefficient (Wildman–Crippen LogP) is 0.0871. The number of nitrogens with two attached hydrogens (primary N) is 1. The van der Waals surface area contributed by atoms with Gasteiger partial charge in [0.2, 0.25) is 0 Å². The van der Waals surface area contributed by atoms with Crippen LogP contribution in [0.5, 0.6) is 0 Å². The fourth-order valence-electron chi connectivity index (χ4n) is 0.127. The molecule has 8 heavy (non-hydrogen) atoms. The molecule has 40 valence electrons. The Balaban J connectivity index is 3.93. The molecule has 0 aromatic carbocycles. The second-order valence-corrected chi connectivity index (χ2v) is 1.07. The zero-order valence-corrected chi connectivity index (χ0v) is 4.05. The van der Waals surface area contributed by atoms with E-state index < -0.39 is 12.0 Å². The fourth-order valence-corrected chi connectivity index (χ4v) is 0.127. The lowest BCUT2D eigenvalue weighted by Crippen LogP contribution is -2.22. The van der Waals surface area contributed by atoms with Gasteiger partial charge in [0.1, 0.15) is 0 Å². The summed E-state index contributed by atoms with van der Waals surface area (Å²) in [5, 5.41) is 6.65. The van der Waals surface area contributed by atoms with Crippen molar-refractivity contribution in [2.75, 3.05) is 0 Å². The van der Waals surface area contributed by atoms with Gasteiger partial charge in [-0.15, -0.1) is 0 Å². The van der Waals surface area contributed by atoms with Crippen molar-refractivity contribution >= 4 is 5.84 Å². The molecule has 0 radical (unpaired) electrons. The van der Waals surface area contributed by atoms with Gasteiger partial charge < -0.3 is 9.69 Å². The Labute approximate surface area is 47.1 Å². The van der Waals surface area contributed by atoms with Gasteiger partial charge in [-0.2, -0.15) is 5.41 Å². The van der Waals surface area contributed by atoms with Crippen LogP contribution in [0.1, 0.15) is 0 Å². The van der Waals surface area contributed by atoms with E-state index in [4.69, 9.17) is 24.3 Å². The number of nitrogens with zero attached hydrogens (tertiary/aromatic N) is 2. The SMILES string of the molecule is [C-]#[N+]C(=N)C(N)[N+]#[C-]. The molecule has 0 saturated heterocycles. The Kier molecular flexibility index (Phi) is 2.25. The van der Waals surface area contributed by atoms with Crippen LogP contribution < -0.4 is 5.73 Å². The summed E-state index contributed by atoms with van der Waals surface area (Å²) in [6.07, 6.45) is -1.06. The number of rotatable bonds is 1. The fraction of sp³-hybridized carbons (Fsp3) is 0.250. The van der Waals surface area contributed by atoms with Crippen LogP contribution in [-0.4, -0.2) is 12.0 Å². The Morgan fingerprint density at radius 3 is 2.25 bits per heavy atom. The number of nitrogens with one attached hydrogen (secondary N) is 1. The maximum Gasteiger partial charge on any atom is 0.338 e. The van der Waals surface area contributed by atoms with E-state index in [0.717, 1.165) is 0 Å². The topological polar surface area (TPSA) is 58.6 Å². The average molecular weight is 108 g/mol. The first-order chi connectivity index (χ1) is 3.72. The monoisotopic (exact) mass is 108 g/mol. The van der Waals surface area contributed by atoms with E-state index in [1.54, 1.807) is 0 Å². The maximum atomic E-state index is 6.65. The van der Waals surface area contributed by atoms with E-state index in [9.17, 15) is 0 Å². The molecule has 0 aliphatic heterocycles. The van der Waals surface area contributed by atoms with Gasteiger partial charge in [-0.3, -0.25) is 5.73 Å². The molecule has 0 aliphatic carbocycles. The van der Waals surface area contributed by atoms with E-state index >= 15 is 0 Å². The Morgan fingerprint density at radius 2 is 2.12 bits per heavy atom. The first kappa shape index (κ1) is 6.61. The molecular weight excluding hydrogens is 104 g/mol. The van der Waals surface area contributed by atoms with Crippen molar-refractivity contribution in [2.24, 2.45) is 5.73 Å². The Morgan fingerprint density at radius 1 is 1.62 bits per heavy atom. The summed E-state index contributed by atoms with van der Waals surface area (Å²) in [6, 6.07) is 0. The minimum absolute atomic E-state index is 0.403. The molecule has 0 amide bonds. The molecule has 0 aromatic heterocycles. The van der Waals surface area contributed by atoms with Crippen LogP contribution >= 0.6 is 0 Å². The lowest BCUT2D eigenvalue weighted by molar-refractivity contribution is 1.07. The minimum Gasteiger partial charge on any atom is -0.357 e. The van der Waals surface area contributed by atoms with E-state index in [-0.39, 0.29) is 0 Å². The summed E-state index contributed by atoms with van der Waals surface area (Å²) in [5.41, 5.74) is 4.93. The van der Waals surface area contributed by atoms with Crippen molar-refractivity contribution in [3.05, 3.63) is 22.8 Å². The second kappa shape index (κ2) is 2.73. The third-order valence-corrected chi connectivity index (χ3v) is 0.540. The van der Waals surface area contributed by atoms with Crippen molar-refractivity contribution in [1.29, 1.82) is 5.41 Å². The molecule has 0 aromatic rings. The highest BCUT2D eigenvalue weighted by atomic mass is 15.0. The molecule has 0 aliphatic rings. The average Bonchev–Trinajstić information content (AvgIpc) is 1.84. The van der Waals surface area contributed by atoms with Crippen LogP contribution in [0.25, 0.3) is 9.69 Å². The zero-order valence-electron chi connectivity index (χ0n) is 4.05.